The number of Topliss-reactive ketones (excluding diaryl/α,β-unsaturated/α-hetero) is 1. The average molecular weight is 351 g/mol. The number of hydrogen-bond acceptors (Lipinski definition) is 5. The second kappa shape index (κ2) is 7.23. The van der Waals surface area contributed by atoms with Gasteiger partial charge in [-0.2, -0.15) is 0 Å². The van der Waals surface area contributed by atoms with E-state index in [0.29, 0.717) is 34.6 Å². The van der Waals surface area contributed by atoms with Gasteiger partial charge >= 0.3 is 5.63 Å². The molecule has 0 unspecified atom stereocenters. The molecule has 3 rings (SSSR count). The monoisotopic (exact) mass is 351 g/mol. The Kier molecular flexibility index (Phi) is 4.84. The van der Waals surface area contributed by atoms with Gasteiger partial charge in [0.25, 0.3) is 5.91 Å². The minimum absolute atomic E-state index is 0.0653. The van der Waals surface area contributed by atoms with E-state index in [2.05, 4.69) is 5.32 Å². The lowest BCUT2D eigenvalue weighted by Crippen LogP contribution is -2.20. The zero-order chi connectivity index (χ0) is 18.7. The molecule has 0 atom stereocenters. The number of fused-ring (bicyclic) bond motifs is 1. The number of anilines is 1. The summed E-state index contributed by atoms with van der Waals surface area (Å²) in [6.07, 6.45) is 0. The van der Waals surface area contributed by atoms with Crippen LogP contribution in [0.3, 0.4) is 0 Å². The van der Waals surface area contributed by atoms with Gasteiger partial charge in [0.15, 0.2) is 5.78 Å². The molecule has 1 aromatic heterocycles. The summed E-state index contributed by atoms with van der Waals surface area (Å²) < 4.78 is 10.6. The third kappa shape index (κ3) is 3.64. The summed E-state index contributed by atoms with van der Waals surface area (Å²) in [5.41, 5.74) is 0.536. The summed E-state index contributed by atoms with van der Waals surface area (Å²) in [4.78, 5) is 35.9. The van der Waals surface area contributed by atoms with Gasteiger partial charge in [0.2, 0.25) is 0 Å². The number of ketones is 1. The number of nitrogens with one attached hydrogen (secondary N) is 1. The van der Waals surface area contributed by atoms with Crippen LogP contribution in [-0.2, 0) is 0 Å². The molecular formula is C20H17NO5. The minimum atomic E-state index is -0.732. The van der Waals surface area contributed by atoms with Gasteiger partial charge in [0.1, 0.15) is 16.9 Å². The Bertz CT molecular complexity index is 1030. The van der Waals surface area contributed by atoms with E-state index in [-0.39, 0.29) is 11.3 Å². The van der Waals surface area contributed by atoms with Crippen molar-refractivity contribution in [1.29, 1.82) is 0 Å². The molecular weight excluding hydrogens is 334 g/mol. The summed E-state index contributed by atoms with van der Waals surface area (Å²) in [6.45, 7) is 3.82. The summed E-state index contributed by atoms with van der Waals surface area (Å²) in [7, 11) is 0. The lowest BCUT2D eigenvalue weighted by Gasteiger charge is -2.07. The summed E-state index contributed by atoms with van der Waals surface area (Å²) in [6, 6.07) is 13.0. The van der Waals surface area contributed by atoms with E-state index < -0.39 is 11.5 Å². The Labute approximate surface area is 149 Å². The van der Waals surface area contributed by atoms with Crippen LogP contribution in [0, 0.1) is 0 Å². The Morgan fingerprint density at radius 2 is 1.81 bits per heavy atom. The lowest BCUT2D eigenvalue weighted by atomic mass is 10.1. The lowest BCUT2D eigenvalue weighted by molar-refractivity contribution is 0.101. The highest BCUT2D eigenvalue weighted by molar-refractivity contribution is 6.05. The number of rotatable bonds is 5. The molecule has 26 heavy (non-hydrogen) atoms. The molecule has 6 heteroatoms. The highest BCUT2D eigenvalue weighted by atomic mass is 16.5. The zero-order valence-corrected chi connectivity index (χ0v) is 14.4. The first kappa shape index (κ1) is 17.4. The van der Waals surface area contributed by atoms with Crippen LogP contribution >= 0.6 is 0 Å². The van der Waals surface area contributed by atoms with Crippen molar-refractivity contribution in [2.45, 2.75) is 13.8 Å². The van der Waals surface area contributed by atoms with Crippen molar-refractivity contribution in [3.05, 3.63) is 70.1 Å². The molecule has 0 aliphatic carbocycles. The zero-order valence-electron chi connectivity index (χ0n) is 14.4. The molecule has 2 aromatic carbocycles. The predicted molar refractivity (Wildman–Crippen MR) is 98.1 cm³/mol. The van der Waals surface area contributed by atoms with Gasteiger partial charge in [-0.25, -0.2) is 4.79 Å². The van der Waals surface area contributed by atoms with E-state index in [9.17, 15) is 14.4 Å². The van der Waals surface area contributed by atoms with Crippen LogP contribution in [0.15, 0.2) is 57.7 Å². The smallest absolute Gasteiger partial charge is 0.349 e. The molecule has 1 N–H and O–H groups in total. The minimum Gasteiger partial charge on any atom is -0.494 e. The molecule has 1 amide bonds. The highest BCUT2D eigenvalue weighted by Gasteiger charge is 2.14. The van der Waals surface area contributed by atoms with Crippen molar-refractivity contribution in [2.24, 2.45) is 0 Å². The van der Waals surface area contributed by atoms with E-state index in [4.69, 9.17) is 9.15 Å². The van der Waals surface area contributed by atoms with Crippen LogP contribution in [0.4, 0.5) is 5.69 Å². The number of hydrogen-bond donors (Lipinski definition) is 1. The molecule has 0 aliphatic rings. The molecule has 0 spiro atoms. The molecule has 0 fully saturated rings. The Morgan fingerprint density at radius 1 is 1.08 bits per heavy atom. The fourth-order valence-corrected chi connectivity index (χ4v) is 2.49. The molecule has 0 radical (unpaired) electrons. The van der Waals surface area contributed by atoms with E-state index in [0.717, 1.165) is 0 Å². The fourth-order valence-electron chi connectivity index (χ4n) is 2.49. The van der Waals surface area contributed by atoms with Gasteiger partial charge in [-0.15, -0.1) is 0 Å². The molecule has 3 aromatic rings. The van der Waals surface area contributed by atoms with E-state index in [1.807, 2.05) is 6.92 Å². The molecule has 132 valence electrons. The normalized spacial score (nSPS) is 10.5. The van der Waals surface area contributed by atoms with Crippen LogP contribution in [0.5, 0.6) is 5.75 Å². The number of carbonyl (C=O) groups excluding carboxylic acids is 2. The molecule has 1 heterocycles. The SMILES string of the molecule is CCOc1ccc2cc(C(=O)Nc3ccc(C(C)=O)cc3)c(=O)oc2c1. The van der Waals surface area contributed by atoms with Crippen molar-refractivity contribution in [3.63, 3.8) is 0 Å². The first-order chi connectivity index (χ1) is 12.5. The largest absolute Gasteiger partial charge is 0.494 e. The van der Waals surface area contributed by atoms with E-state index in [1.54, 1.807) is 42.5 Å². The van der Waals surface area contributed by atoms with Crippen molar-refractivity contribution in [1.82, 2.24) is 0 Å². The first-order valence-corrected chi connectivity index (χ1v) is 8.11. The predicted octanol–water partition coefficient (Wildman–Crippen LogP) is 3.65. The van der Waals surface area contributed by atoms with Crippen LogP contribution in [-0.4, -0.2) is 18.3 Å². The van der Waals surface area contributed by atoms with Gasteiger partial charge in [-0.3, -0.25) is 9.59 Å². The van der Waals surface area contributed by atoms with Gasteiger partial charge in [0, 0.05) is 22.7 Å². The van der Waals surface area contributed by atoms with Crippen molar-refractivity contribution in [3.8, 4) is 5.75 Å². The Morgan fingerprint density at radius 3 is 2.46 bits per heavy atom. The Hall–Kier alpha value is -3.41. The van der Waals surface area contributed by atoms with Gasteiger partial charge in [-0.1, -0.05) is 0 Å². The van der Waals surface area contributed by atoms with Gasteiger partial charge in [0.05, 0.1) is 6.61 Å². The van der Waals surface area contributed by atoms with Crippen LogP contribution in [0.25, 0.3) is 11.0 Å². The number of carbonyl (C=O) groups is 2. The molecule has 0 saturated heterocycles. The van der Waals surface area contributed by atoms with E-state index in [1.165, 1.54) is 13.0 Å². The van der Waals surface area contributed by atoms with Gasteiger partial charge in [-0.05, 0) is 56.3 Å². The van der Waals surface area contributed by atoms with E-state index >= 15 is 0 Å². The summed E-state index contributed by atoms with van der Waals surface area (Å²) in [5.74, 6) is -0.0551. The summed E-state index contributed by atoms with van der Waals surface area (Å²) >= 11 is 0. The maximum atomic E-state index is 12.4. The van der Waals surface area contributed by atoms with Crippen molar-refractivity contribution >= 4 is 28.3 Å². The maximum absolute atomic E-state index is 12.4. The highest BCUT2D eigenvalue weighted by Crippen LogP contribution is 2.21. The van der Waals surface area contributed by atoms with Crippen molar-refractivity contribution in [2.75, 3.05) is 11.9 Å². The number of ether oxygens (including phenoxy) is 1. The van der Waals surface area contributed by atoms with Crippen LogP contribution in [0.1, 0.15) is 34.6 Å². The quantitative estimate of drug-likeness (QED) is 0.560. The van der Waals surface area contributed by atoms with Crippen LogP contribution < -0.4 is 15.7 Å². The topological polar surface area (TPSA) is 85.6 Å². The van der Waals surface area contributed by atoms with Crippen molar-refractivity contribution < 1.29 is 18.7 Å². The summed E-state index contributed by atoms with van der Waals surface area (Å²) in [5, 5.41) is 3.24. The first-order valence-electron chi connectivity index (χ1n) is 8.11. The number of amides is 1. The molecule has 0 aliphatic heterocycles. The second-order valence-corrected chi connectivity index (χ2v) is 5.67. The number of benzene rings is 2. The van der Waals surface area contributed by atoms with Crippen LogP contribution in [0.2, 0.25) is 0 Å². The second-order valence-electron chi connectivity index (χ2n) is 5.67. The fraction of sp³-hybridized carbons (Fsp3) is 0.150. The average Bonchev–Trinajstić information content (AvgIpc) is 2.61. The van der Waals surface area contributed by atoms with Gasteiger partial charge < -0.3 is 14.5 Å². The molecule has 0 bridgehead atoms. The standard InChI is InChI=1S/C20H17NO5/c1-3-25-16-9-6-14-10-17(20(24)26-18(14)11-16)19(23)21-15-7-4-13(5-8-15)12(2)22/h4-11H,3H2,1-2H3,(H,21,23). The molecule has 0 saturated carbocycles. The third-order valence-electron chi connectivity index (χ3n) is 3.81. The third-order valence-corrected chi connectivity index (χ3v) is 3.81. The maximum Gasteiger partial charge on any atom is 0.349 e. The Balaban J connectivity index is 1.87. The molecule has 6 nitrogen and oxygen atoms in total.